The van der Waals surface area contributed by atoms with E-state index in [4.69, 9.17) is 32.7 Å². The average Bonchev–Trinajstić information content (AvgIpc) is 3.02. The third kappa shape index (κ3) is 3.46. The minimum atomic E-state index is -0.633. The van der Waals surface area contributed by atoms with E-state index in [0.29, 0.717) is 39.4 Å². The molecule has 2 aromatic rings. The Morgan fingerprint density at radius 2 is 2.16 bits per heavy atom. The number of fused-ring (bicyclic) bond motifs is 1. The highest BCUT2D eigenvalue weighted by atomic mass is 35.5. The summed E-state index contributed by atoms with van der Waals surface area (Å²) < 4.78 is 11.7. The lowest BCUT2D eigenvalue weighted by molar-refractivity contribution is -0.140. The largest absolute Gasteiger partial charge is 0.460 e. The lowest BCUT2D eigenvalue weighted by atomic mass is 9.96. The molecule has 8 nitrogen and oxygen atoms in total. The van der Waals surface area contributed by atoms with Gasteiger partial charge in [-0.1, -0.05) is 34.4 Å². The first kappa shape index (κ1) is 17.7. The second-order valence-electron chi connectivity index (χ2n) is 5.31. The number of rotatable bonds is 5. The molecule has 0 bridgehead atoms. The van der Waals surface area contributed by atoms with Gasteiger partial charge in [0.05, 0.1) is 12.2 Å². The maximum Gasteiger partial charge on any atom is 0.338 e. The number of allylic oxidation sites excluding steroid dienone is 1. The van der Waals surface area contributed by atoms with E-state index in [0.717, 1.165) is 0 Å². The fourth-order valence-corrected chi connectivity index (χ4v) is 3.09. The molecule has 1 aromatic carbocycles. The van der Waals surface area contributed by atoms with Gasteiger partial charge in [0.15, 0.2) is 0 Å². The van der Waals surface area contributed by atoms with Gasteiger partial charge in [-0.3, -0.25) is 0 Å². The summed E-state index contributed by atoms with van der Waals surface area (Å²) in [6.07, 6.45) is 0. The monoisotopic (exact) mass is 383 g/mol. The Balaban J connectivity index is 2.05. The zero-order chi connectivity index (χ0) is 18.0. The number of hydrogen-bond donors (Lipinski definition) is 1. The highest BCUT2D eigenvalue weighted by Gasteiger charge is 2.36. The van der Waals surface area contributed by atoms with Crippen molar-refractivity contribution in [3.05, 3.63) is 45.1 Å². The van der Waals surface area contributed by atoms with Crippen molar-refractivity contribution in [3.8, 4) is 0 Å². The summed E-state index contributed by atoms with van der Waals surface area (Å²) in [6.45, 7) is 2.19. The highest BCUT2D eigenvalue weighted by Crippen LogP contribution is 2.38. The van der Waals surface area contributed by atoms with Gasteiger partial charge < -0.3 is 14.8 Å². The number of carbonyl (C=O) groups excluding carboxylic acids is 1. The second-order valence-corrected chi connectivity index (χ2v) is 6.15. The van der Waals surface area contributed by atoms with Crippen molar-refractivity contribution in [3.63, 3.8) is 0 Å². The molecule has 2 heterocycles. The van der Waals surface area contributed by atoms with Crippen molar-refractivity contribution < 1.29 is 14.3 Å². The predicted octanol–water partition coefficient (Wildman–Crippen LogP) is 2.46. The van der Waals surface area contributed by atoms with Crippen molar-refractivity contribution in [2.24, 2.45) is 0 Å². The average molecular weight is 384 g/mol. The van der Waals surface area contributed by atoms with Crippen LogP contribution in [0.15, 0.2) is 29.5 Å². The molecule has 132 valence electrons. The molecule has 0 fully saturated rings. The summed E-state index contributed by atoms with van der Waals surface area (Å²) in [6, 6.07) is 4.40. The third-order valence-electron chi connectivity index (χ3n) is 3.71. The van der Waals surface area contributed by atoms with Crippen LogP contribution in [0.5, 0.6) is 0 Å². The summed E-state index contributed by atoms with van der Waals surface area (Å²) in [5.74, 6) is -0.0961. The topological polar surface area (TPSA) is 91.2 Å². The number of anilines is 1. The van der Waals surface area contributed by atoms with E-state index in [1.54, 1.807) is 25.1 Å². The van der Waals surface area contributed by atoms with Crippen LogP contribution in [-0.4, -0.2) is 46.5 Å². The van der Waals surface area contributed by atoms with E-state index in [1.165, 1.54) is 11.8 Å². The molecule has 0 unspecified atom stereocenters. The minimum absolute atomic E-state index is 0.135. The standard InChI is InChI=1S/C15H15Cl2N5O3/c1-8-12(14(23)25-6-5-24-2)13(22-15(18-8)19-20-21-22)10-4-3-9(16)7-11(10)17/h3-4,7,13H,5-6H2,1-2H3,(H,18,19,21)/t13-/m1/s1. The molecule has 0 aliphatic carbocycles. The number of carbonyl (C=O) groups is 1. The Morgan fingerprint density at radius 1 is 1.36 bits per heavy atom. The third-order valence-corrected chi connectivity index (χ3v) is 4.27. The molecule has 25 heavy (non-hydrogen) atoms. The van der Waals surface area contributed by atoms with Crippen LogP contribution in [-0.2, 0) is 14.3 Å². The smallest absolute Gasteiger partial charge is 0.338 e. The van der Waals surface area contributed by atoms with Gasteiger partial charge >= 0.3 is 5.97 Å². The Hall–Kier alpha value is -2.16. The number of esters is 1. The molecular weight excluding hydrogens is 369 g/mol. The number of ether oxygens (including phenoxy) is 2. The number of benzene rings is 1. The van der Waals surface area contributed by atoms with E-state index in [9.17, 15) is 4.79 Å². The van der Waals surface area contributed by atoms with Gasteiger partial charge in [0.1, 0.15) is 12.6 Å². The summed E-state index contributed by atoms with van der Waals surface area (Å²) in [7, 11) is 1.53. The van der Waals surface area contributed by atoms with Crippen LogP contribution >= 0.6 is 23.2 Å². The Bertz CT molecular complexity index is 836. The fraction of sp³-hybridized carbons (Fsp3) is 0.333. The van der Waals surface area contributed by atoms with Crippen LogP contribution in [0.1, 0.15) is 18.5 Å². The molecule has 0 saturated carbocycles. The Labute approximate surface area is 153 Å². The lowest BCUT2D eigenvalue weighted by Crippen LogP contribution is -2.30. The minimum Gasteiger partial charge on any atom is -0.460 e. The number of nitrogens with one attached hydrogen (secondary N) is 1. The molecule has 1 atom stereocenters. The second kappa shape index (κ2) is 7.38. The highest BCUT2D eigenvalue weighted by molar-refractivity contribution is 6.35. The van der Waals surface area contributed by atoms with E-state index >= 15 is 0 Å². The van der Waals surface area contributed by atoms with E-state index in [1.807, 2.05) is 0 Å². The summed E-state index contributed by atoms with van der Waals surface area (Å²) in [4.78, 5) is 12.7. The zero-order valence-corrected chi connectivity index (χ0v) is 15.0. The first-order chi connectivity index (χ1) is 12.0. The van der Waals surface area contributed by atoms with Crippen molar-refractivity contribution in [2.75, 3.05) is 25.6 Å². The molecule has 1 aliphatic rings. The number of halogens is 2. The Morgan fingerprint density at radius 3 is 2.88 bits per heavy atom. The van der Waals surface area contributed by atoms with Crippen LogP contribution in [0.3, 0.4) is 0 Å². The quantitative estimate of drug-likeness (QED) is 0.626. The molecular formula is C15H15Cl2N5O3. The van der Waals surface area contributed by atoms with E-state index < -0.39 is 12.0 Å². The van der Waals surface area contributed by atoms with Crippen LogP contribution in [0.2, 0.25) is 10.0 Å². The molecule has 0 amide bonds. The van der Waals surface area contributed by atoms with Crippen LogP contribution in [0, 0.1) is 0 Å². The molecule has 0 spiro atoms. The number of methoxy groups -OCH3 is 1. The van der Waals surface area contributed by atoms with Crippen LogP contribution in [0.4, 0.5) is 5.95 Å². The molecule has 1 aromatic heterocycles. The van der Waals surface area contributed by atoms with Gasteiger partial charge in [0.25, 0.3) is 0 Å². The molecule has 0 saturated heterocycles. The first-order valence-corrected chi connectivity index (χ1v) is 8.15. The van der Waals surface area contributed by atoms with Crippen molar-refractivity contribution in [1.29, 1.82) is 0 Å². The number of tetrazole rings is 1. The van der Waals surface area contributed by atoms with Crippen molar-refractivity contribution in [2.45, 2.75) is 13.0 Å². The van der Waals surface area contributed by atoms with Crippen molar-refractivity contribution >= 4 is 35.1 Å². The predicted molar refractivity (Wildman–Crippen MR) is 91.6 cm³/mol. The van der Waals surface area contributed by atoms with Crippen LogP contribution in [0.25, 0.3) is 0 Å². The number of nitrogens with zero attached hydrogens (tertiary/aromatic N) is 4. The van der Waals surface area contributed by atoms with E-state index in [-0.39, 0.29) is 6.61 Å². The molecule has 3 rings (SSSR count). The Kier molecular flexibility index (Phi) is 5.22. The van der Waals surface area contributed by atoms with Gasteiger partial charge in [0, 0.05) is 28.4 Å². The molecule has 1 N–H and O–H groups in total. The maximum atomic E-state index is 12.7. The van der Waals surface area contributed by atoms with Crippen LogP contribution < -0.4 is 5.32 Å². The zero-order valence-electron chi connectivity index (χ0n) is 13.5. The molecule has 10 heteroatoms. The first-order valence-electron chi connectivity index (χ1n) is 7.39. The maximum absolute atomic E-state index is 12.7. The SMILES string of the molecule is COCCOC(=O)C1=C(C)Nc2nnnn2[C@@H]1c1ccc(Cl)cc1Cl. The lowest BCUT2D eigenvalue weighted by Gasteiger charge is -2.28. The van der Waals surface area contributed by atoms with Gasteiger partial charge in [-0.15, -0.1) is 0 Å². The number of aromatic nitrogens is 4. The van der Waals surface area contributed by atoms with Gasteiger partial charge in [-0.25, -0.2) is 4.79 Å². The fourth-order valence-electron chi connectivity index (χ4n) is 2.58. The van der Waals surface area contributed by atoms with Gasteiger partial charge in [0.2, 0.25) is 5.95 Å². The molecule has 1 aliphatic heterocycles. The summed E-state index contributed by atoms with van der Waals surface area (Å²) >= 11 is 12.3. The van der Waals surface area contributed by atoms with Gasteiger partial charge in [-0.05, 0) is 29.5 Å². The summed E-state index contributed by atoms with van der Waals surface area (Å²) in [5, 5.41) is 15.4. The van der Waals surface area contributed by atoms with E-state index in [2.05, 4.69) is 20.8 Å². The molecule has 0 radical (unpaired) electrons. The van der Waals surface area contributed by atoms with Crippen molar-refractivity contribution in [1.82, 2.24) is 20.2 Å². The normalized spacial score (nSPS) is 16.4. The summed E-state index contributed by atoms with van der Waals surface area (Å²) in [5.41, 5.74) is 1.58. The van der Waals surface area contributed by atoms with Gasteiger partial charge in [-0.2, -0.15) is 4.68 Å². The number of hydrogen-bond acceptors (Lipinski definition) is 7.